The SMILES string of the molecule is CCC(N)(CCOc1ccc(Br)cc1)C(C)C. The van der Waals surface area contributed by atoms with Crippen molar-refractivity contribution in [2.24, 2.45) is 11.7 Å². The molecule has 0 aliphatic rings. The summed E-state index contributed by atoms with van der Waals surface area (Å²) < 4.78 is 6.77. The molecule has 3 heteroatoms. The van der Waals surface area contributed by atoms with E-state index in [9.17, 15) is 0 Å². The zero-order valence-electron chi connectivity index (χ0n) is 10.9. The molecule has 0 aliphatic carbocycles. The van der Waals surface area contributed by atoms with Crippen LogP contribution in [0.1, 0.15) is 33.6 Å². The van der Waals surface area contributed by atoms with Crippen LogP contribution in [-0.2, 0) is 0 Å². The standard InChI is InChI=1S/C14H22BrNO/c1-4-14(16,11(2)3)9-10-17-13-7-5-12(15)6-8-13/h5-8,11H,4,9-10,16H2,1-3H3. The van der Waals surface area contributed by atoms with Gasteiger partial charge in [-0.05, 0) is 43.0 Å². The highest BCUT2D eigenvalue weighted by Gasteiger charge is 2.26. The Kier molecular flexibility index (Phi) is 5.47. The lowest BCUT2D eigenvalue weighted by molar-refractivity contribution is 0.210. The van der Waals surface area contributed by atoms with Crippen LogP contribution in [0.25, 0.3) is 0 Å². The number of rotatable bonds is 6. The molecule has 1 atom stereocenters. The van der Waals surface area contributed by atoms with Crippen LogP contribution < -0.4 is 10.5 Å². The summed E-state index contributed by atoms with van der Waals surface area (Å²) in [5.41, 5.74) is 6.23. The summed E-state index contributed by atoms with van der Waals surface area (Å²) in [5.74, 6) is 1.37. The monoisotopic (exact) mass is 299 g/mol. The molecular formula is C14H22BrNO. The molecule has 96 valence electrons. The Bertz CT molecular complexity index is 337. The van der Waals surface area contributed by atoms with Gasteiger partial charge in [-0.3, -0.25) is 0 Å². The third-order valence-corrected chi connectivity index (χ3v) is 3.99. The van der Waals surface area contributed by atoms with Gasteiger partial charge < -0.3 is 10.5 Å². The molecule has 0 fully saturated rings. The first kappa shape index (κ1) is 14.5. The van der Waals surface area contributed by atoms with Gasteiger partial charge in [0.15, 0.2) is 0 Å². The molecule has 0 heterocycles. The van der Waals surface area contributed by atoms with Gasteiger partial charge in [0.2, 0.25) is 0 Å². The van der Waals surface area contributed by atoms with Gasteiger partial charge in [0, 0.05) is 10.0 Å². The maximum absolute atomic E-state index is 6.34. The van der Waals surface area contributed by atoms with Gasteiger partial charge in [-0.25, -0.2) is 0 Å². The molecule has 17 heavy (non-hydrogen) atoms. The van der Waals surface area contributed by atoms with Gasteiger partial charge in [0.25, 0.3) is 0 Å². The van der Waals surface area contributed by atoms with Crippen LogP contribution in [0, 0.1) is 5.92 Å². The first-order chi connectivity index (χ1) is 7.98. The van der Waals surface area contributed by atoms with Crippen molar-refractivity contribution in [1.29, 1.82) is 0 Å². The lowest BCUT2D eigenvalue weighted by Gasteiger charge is -2.32. The van der Waals surface area contributed by atoms with E-state index in [0.717, 1.165) is 23.1 Å². The van der Waals surface area contributed by atoms with E-state index in [4.69, 9.17) is 10.5 Å². The molecule has 0 aromatic heterocycles. The zero-order chi connectivity index (χ0) is 12.9. The number of hydrogen-bond donors (Lipinski definition) is 1. The van der Waals surface area contributed by atoms with Crippen LogP contribution in [0.4, 0.5) is 0 Å². The second-order valence-corrected chi connectivity index (χ2v) is 5.71. The van der Waals surface area contributed by atoms with Crippen molar-refractivity contribution in [3.63, 3.8) is 0 Å². The number of nitrogens with two attached hydrogens (primary N) is 1. The van der Waals surface area contributed by atoms with E-state index in [2.05, 4.69) is 36.7 Å². The Hall–Kier alpha value is -0.540. The van der Waals surface area contributed by atoms with Gasteiger partial charge in [0.1, 0.15) is 5.75 Å². The fraction of sp³-hybridized carbons (Fsp3) is 0.571. The Labute approximate surface area is 113 Å². The Morgan fingerprint density at radius 1 is 1.29 bits per heavy atom. The Morgan fingerprint density at radius 3 is 2.35 bits per heavy atom. The number of benzene rings is 1. The van der Waals surface area contributed by atoms with Crippen molar-refractivity contribution in [1.82, 2.24) is 0 Å². The summed E-state index contributed by atoms with van der Waals surface area (Å²) in [6.45, 7) is 7.15. The maximum Gasteiger partial charge on any atom is 0.119 e. The number of halogens is 1. The predicted octanol–water partition coefficient (Wildman–Crippen LogP) is 3.98. The lowest BCUT2D eigenvalue weighted by Crippen LogP contribution is -2.45. The van der Waals surface area contributed by atoms with Crippen molar-refractivity contribution >= 4 is 15.9 Å². The van der Waals surface area contributed by atoms with Gasteiger partial charge in [-0.15, -0.1) is 0 Å². The highest BCUT2D eigenvalue weighted by atomic mass is 79.9. The average molecular weight is 300 g/mol. The zero-order valence-corrected chi connectivity index (χ0v) is 12.5. The van der Waals surface area contributed by atoms with Crippen molar-refractivity contribution in [2.45, 2.75) is 39.2 Å². The van der Waals surface area contributed by atoms with Crippen molar-refractivity contribution in [2.75, 3.05) is 6.61 Å². The minimum absolute atomic E-state index is 0.116. The molecule has 1 unspecified atom stereocenters. The number of ether oxygens (including phenoxy) is 1. The molecule has 0 bridgehead atoms. The lowest BCUT2D eigenvalue weighted by atomic mass is 9.82. The van der Waals surface area contributed by atoms with Gasteiger partial charge in [0.05, 0.1) is 6.61 Å². The molecule has 2 N–H and O–H groups in total. The molecular weight excluding hydrogens is 278 g/mol. The van der Waals surface area contributed by atoms with Crippen LogP contribution in [0.2, 0.25) is 0 Å². The second kappa shape index (κ2) is 6.41. The summed E-state index contributed by atoms with van der Waals surface area (Å²) in [4.78, 5) is 0. The molecule has 1 aromatic rings. The van der Waals surface area contributed by atoms with Crippen LogP contribution in [0.15, 0.2) is 28.7 Å². The third kappa shape index (κ3) is 4.32. The predicted molar refractivity (Wildman–Crippen MR) is 76.3 cm³/mol. The molecule has 0 spiro atoms. The van der Waals surface area contributed by atoms with Gasteiger partial charge in [-0.2, -0.15) is 0 Å². The minimum atomic E-state index is -0.116. The average Bonchev–Trinajstić information content (AvgIpc) is 2.31. The third-order valence-electron chi connectivity index (χ3n) is 3.46. The fourth-order valence-corrected chi connectivity index (χ4v) is 2.03. The number of hydrogen-bond acceptors (Lipinski definition) is 2. The smallest absolute Gasteiger partial charge is 0.119 e. The normalized spacial score (nSPS) is 14.7. The largest absolute Gasteiger partial charge is 0.494 e. The molecule has 0 saturated carbocycles. The first-order valence-electron chi connectivity index (χ1n) is 6.15. The van der Waals surface area contributed by atoms with E-state index in [1.54, 1.807) is 0 Å². The van der Waals surface area contributed by atoms with Gasteiger partial charge in [-0.1, -0.05) is 36.7 Å². The van der Waals surface area contributed by atoms with Crippen LogP contribution in [0.5, 0.6) is 5.75 Å². The van der Waals surface area contributed by atoms with Crippen LogP contribution in [0.3, 0.4) is 0 Å². The Morgan fingerprint density at radius 2 is 1.88 bits per heavy atom. The second-order valence-electron chi connectivity index (χ2n) is 4.79. The highest BCUT2D eigenvalue weighted by molar-refractivity contribution is 9.10. The molecule has 0 radical (unpaired) electrons. The van der Waals surface area contributed by atoms with Crippen molar-refractivity contribution in [3.8, 4) is 5.75 Å². The first-order valence-corrected chi connectivity index (χ1v) is 6.94. The van der Waals surface area contributed by atoms with Crippen LogP contribution in [-0.4, -0.2) is 12.1 Å². The molecule has 2 nitrogen and oxygen atoms in total. The fourth-order valence-electron chi connectivity index (χ4n) is 1.76. The van der Waals surface area contributed by atoms with E-state index in [0.29, 0.717) is 12.5 Å². The molecule has 0 saturated heterocycles. The highest BCUT2D eigenvalue weighted by Crippen LogP contribution is 2.23. The summed E-state index contributed by atoms with van der Waals surface area (Å²) in [6, 6.07) is 7.88. The van der Waals surface area contributed by atoms with E-state index < -0.39 is 0 Å². The molecule has 0 aliphatic heterocycles. The summed E-state index contributed by atoms with van der Waals surface area (Å²) >= 11 is 3.40. The quantitative estimate of drug-likeness (QED) is 0.862. The molecule has 0 amide bonds. The summed E-state index contributed by atoms with van der Waals surface area (Å²) in [5, 5.41) is 0. The van der Waals surface area contributed by atoms with Crippen molar-refractivity contribution < 1.29 is 4.74 Å². The topological polar surface area (TPSA) is 35.2 Å². The Balaban J connectivity index is 2.44. The van der Waals surface area contributed by atoms with E-state index in [1.807, 2.05) is 24.3 Å². The summed E-state index contributed by atoms with van der Waals surface area (Å²) in [6.07, 6.45) is 1.87. The van der Waals surface area contributed by atoms with E-state index in [1.165, 1.54) is 0 Å². The molecule has 1 aromatic carbocycles. The van der Waals surface area contributed by atoms with E-state index >= 15 is 0 Å². The van der Waals surface area contributed by atoms with Gasteiger partial charge >= 0.3 is 0 Å². The summed E-state index contributed by atoms with van der Waals surface area (Å²) in [7, 11) is 0. The van der Waals surface area contributed by atoms with Crippen LogP contribution >= 0.6 is 15.9 Å². The maximum atomic E-state index is 6.34. The van der Waals surface area contributed by atoms with E-state index in [-0.39, 0.29) is 5.54 Å². The van der Waals surface area contributed by atoms with Crippen molar-refractivity contribution in [3.05, 3.63) is 28.7 Å². The molecule has 1 rings (SSSR count). The minimum Gasteiger partial charge on any atom is -0.494 e.